The van der Waals surface area contributed by atoms with Crippen molar-refractivity contribution in [2.45, 2.75) is 31.1 Å². The standard InChI is InChI=1S/C13H19N3O4S/c1-2-4-10-7-8-15(9-10)21(19,20)12-6-3-5-11(14)13(12)16(17)18/h3,5-6,10H,2,4,7-9,14H2,1H3. The summed E-state index contributed by atoms with van der Waals surface area (Å²) in [6.45, 7) is 2.88. The van der Waals surface area contributed by atoms with Gasteiger partial charge in [0.05, 0.1) is 4.92 Å². The zero-order valence-electron chi connectivity index (χ0n) is 11.9. The molecule has 0 amide bonds. The molecule has 2 rings (SSSR count). The molecule has 7 nitrogen and oxygen atoms in total. The summed E-state index contributed by atoms with van der Waals surface area (Å²) in [6, 6.07) is 4.01. The van der Waals surface area contributed by atoms with E-state index in [9.17, 15) is 18.5 Å². The fourth-order valence-corrected chi connectivity index (χ4v) is 4.46. The quantitative estimate of drug-likeness (QED) is 0.508. The van der Waals surface area contributed by atoms with Gasteiger partial charge in [0.15, 0.2) is 4.90 Å². The Balaban J connectivity index is 2.38. The number of anilines is 1. The Bertz CT molecular complexity index is 645. The smallest absolute Gasteiger partial charge is 0.312 e. The van der Waals surface area contributed by atoms with Gasteiger partial charge in [-0.15, -0.1) is 0 Å². The van der Waals surface area contributed by atoms with Gasteiger partial charge in [0.2, 0.25) is 10.0 Å². The van der Waals surface area contributed by atoms with Crippen LogP contribution in [-0.2, 0) is 10.0 Å². The first kappa shape index (κ1) is 15.7. The van der Waals surface area contributed by atoms with E-state index in [2.05, 4.69) is 6.92 Å². The van der Waals surface area contributed by atoms with Crippen molar-refractivity contribution in [2.24, 2.45) is 5.92 Å². The number of nitrogen functional groups attached to an aromatic ring is 1. The van der Waals surface area contributed by atoms with Gasteiger partial charge in [-0.25, -0.2) is 8.42 Å². The molecule has 0 bridgehead atoms. The molecule has 0 saturated carbocycles. The molecule has 1 aromatic carbocycles. The molecule has 8 heteroatoms. The number of nitrogens with two attached hydrogens (primary N) is 1. The number of hydrogen-bond donors (Lipinski definition) is 1. The zero-order chi connectivity index (χ0) is 15.6. The van der Waals surface area contributed by atoms with Crippen LogP contribution in [0.1, 0.15) is 26.2 Å². The van der Waals surface area contributed by atoms with Crippen molar-refractivity contribution in [2.75, 3.05) is 18.8 Å². The minimum atomic E-state index is -3.88. The van der Waals surface area contributed by atoms with Gasteiger partial charge >= 0.3 is 5.69 Å². The number of hydrogen-bond acceptors (Lipinski definition) is 5. The Labute approximate surface area is 123 Å². The highest BCUT2D eigenvalue weighted by Crippen LogP contribution is 2.34. The second-order valence-corrected chi connectivity index (χ2v) is 7.16. The molecule has 1 heterocycles. The summed E-state index contributed by atoms with van der Waals surface area (Å²) in [6.07, 6.45) is 2.76. The molecule has 1 saturated heterocycles. The van der Waals surface area contributed by atoms with Gasteiger partial charge in [0, 0.05) is 13.1 Å². The summed E-state index contributed by atoms with van der Waals surface area (Å²) >= 11 is 0. The van der Waals surface area contributed by atoms with Crippen LogP contribution in [-0.4, -0.2) is 30.7 Å². The molecular formula is C13H19N3O4S. The maximum Gasteiger partial charge on any atom is 0.312 e. The Morgan fingerprint density at radius 1 is 1.48 bits per heavy atom. The van der Waals surface area contributed by atoms with Crippen molar-refractivity contribution in [1.29, 1.82) is 0 Å². The predicted octanol–water partition coefficient (Wildman–Crippen LogP) is 1.99. The average molecular weight is 313 g/mol. The Morgan fingerprint density at radius 2 is 2.19 bits per heavy atom. The zero-order valence-corrected chi connectivity index (χ0v) is 12.7. The van der Waals surface area contributed by atoms with E-state index < -0.39 is 20.6 Å². The molecule has 1 aliphatic heterocycles. The third-order valence-electron chi connectivity index (χ3n) is 3.78. The van der Waals surface area contributed by atoms with Crippen LogP contribution in [0.15, 0.2) is 23.1 Å². The van der Waals surface area contributed by atoms with Crippen molar-refractivity contribution < 1.29 is 13.3 Å². The minimum absolute atomic E-state index is 0.134. The van der Waals surface area contributed by atoms with E-state index in [0.717, 1.165) is 19.3 Å². The van der Waals surface area contributed by atoms with Gasteiger partial charge in [-0.05, 0) is 30.9 Å². The van der Waals surface area contributed by atoms with Gasteiger partial charge in [0.1, 0.15) is 5.69 Å². The average Bonchev–Trinajstić information content (AvgIpc) is 2.87. The van der Waals surface area contributed by atoms with Crippen LogP contribution in [0, 0.1) is 16.0 Å². The van der Waals surface area contributed by atoms with Crippen LogP contribution < -0.4 is 5.73 Å². The van der Waals surface area contributed by atoms with Gasteiger partial charge in [-0.1, -0.05) is 19.4 Å². The van der Waals surface area contributed by atoms with Crippen molar-refractivity contribution in [3.05, 3.63) is 28.3 Å². The van der Waals surface area contributed by atoms with E-state index >= 15 is 0 Å². The van der Waals surface area contributed by atoms with E-state index in [1.807, 2.05) is 0 Å². The highest BCUT2D eigenvalue weighted by atomic mass is 32.2. The van der Waals surface area contributed by atoms with Crippen molar-refractivity contribution in [3.63, 3.8) is 0 Å². The van der Waals surface area contributed by atoms with Crippen molar-refractivity contribution >= 4 is 21.4 Å². The number of sulfonamides is 1. The number of para-hydroxylation sites is 1. The van der Waals surface area contributed by atoms with E-state index in [-0.39, 0.29) is 10.6 Å². The molecule has 1 atom stereocenters. The molecule has 0 aliphatic carbocycles. The van der Waals surface area contributed by atoms with Crippen LogP contribution in [0.2, 0.25) is 0 Å². The topological polar surface area (TPSA) is 107 Å². The molecule has 0 radical (unpaired) electrons. The molecule has 1 aromatic rings. The second-order valence-electron chi connectivity index (χ2n) is 5.26. The fraction of sp³-hybridized carbons (Fsp3) is 0.538. The summed E-state index contributed by atoms with van der Waals surface area (Å²) in [7, 11) is -3.88. The maximum atomic E-state index is 12.6. The van der Waals surface area contributed by atoms with E-state index in [4.69, 9.17) is 5.73 Å². The molecule has 0 spiro atoms. The number of nitrogens with zero attached hydrogens (tertiary/aromatic N) is 2. The lowest BCUT2D eigenvalue weighted by Gasteiger charge is -2.17. The maximum absolute atomic E-state index is 12.6. The Hall–Kier alpha value is -1.67. The van der Waals surface area contributed by atoms with Crippen LogP contribution in [0.5, 0.6) is 0 Å². The third-order valence-corrected chi connectivity index (χ3v) is 5.67. The first-order valence-corrected chi connectivity index (χ1v) is 8.35. The number of nitro groups is 1. The first-order chi connectivity index (χ1) is 9.87. The number of rotatable bonds is 5. The molecule has 1 unspecified atom stereocenters. The van der Waals surface area contributed by atoms with Crippen LogP contribution in [0.25, 0.3) is 0 Å². The van der Waals surface area contributed by atoms with Gasteiger partial charge < -0.3 is 5.73 Å². The molecule has 2 N–H and O–H groups in total. The van der Waals surface area contributed by atoms with Gasteiger partial charge in [-0.2, -0.15) is 4.31 Å². The third kappa shape index (κ3) is 3.01. The molecule has 116 valence electrons. The molecule has 21 heavy (non-hydrogen) atoms. The molecule has 1 fully saturated rings. The number of nitro benzene ring substituents is 1. The van der Waals surface area contributed by atoms with E-state index in [1.54, 1.807) is 0 Å². The van der Waals surface area contributed by atoms with Crippen LogP contribution in [0.3, 0.4) is 0 Å². The second kappa shape index (κ2) is 5.98. The van der Waals surface area contributed by atoms with Crippen LogP contribution in [0.4, 0.5) is 11.4 Å². The Kier molecular flexibility index (Phi) is 4.48. The summed E-state index contributed by atoms with van der Waals surface area (Å²) in [5.74, 6) is 0.324. The summed E-state index contributed by atoms with van der Waals surface area (Å²) in [4.78, 5) is 10.1. The summed E-state index contributed by atoms with van der Waals surface area (Å²) in [5, 5.41) is 11.1. The minimum Gasteiger partial charge on any atom is -0.393 e. The fourth-order valence-electron chi connectivity index (χ4n) is 2.74. The highest BCUT2D eigenvalue weighted by molar-refractivity contribution is 7.89. The summed E-state index contributed by atoms with van der Waals surface area (Å²) in [5.41, 5.74) is 4.90. The summed E-state index contributed by atoms with van der Waals surface area (Å²) < 4.78 is 26.6. The lowest BCUT2D eigenvalue weighted by atomic mass is 10.0. The van der Waals surface area contributed by atoms with Gasteiger partial charge in [-0.3, -0.25) is 10.1 Å². The molecular weight excluding hydrogens is 294 g/mol. The highest BCUT2D eigenvalue weighted by Gasteiger charge is 2.37. The van der Waals surface area contributed by atoms with Crippen molar-refractivity contribution in [3.8, 4) is 0 Å². The monoisotopic (exact) mass is 313 g/mol. The number of benzene rings is 1. The molecule has 1 aliphatic rings. The van der Waals surface area contributed by atoms with E-state index in [1.165, 1.54) is 22.5 Å². The molecule has 0 aromatic heterocycles. The first-order valence-electron chi connectivity index (χ1n) is 6.91. The van der Waals surface area contributed by atoms with Crippen molar-refractivity contribution in [1.82, 2.24) is 4.31 Å². The van der Waals surface area contributed by atoms with Crippen LogP contribution >= 0.6 is 0 Å². The predicted molar refractivity (Wildman–Crippen MR) is 79.3 cm³/mol. The SMILES string of the molecule is CCCC1CCN(S(=O)(=O)c2cccc(N)c2[N+](=O)[O-])C1. The lowest BCUT2D eigenvalue weighted by Crippen LogP contribution is -2.29. The largest absolute Gasteiger partial charge is 0.393 e. The lowest BCUT2D eigenvalue weighted by molar-refractivity contribution is -0.386. The normalized spacial score (nSPS) is 19.8. The van der Waals surface area contributed by atoms with E-state index in [0.29, 0.717) is 19.0 Å². The van der Waals surface area contributed by atoms with Gasteiger partial charge in [0.25, 0.3) is 0 Å². The Morgan fingerprint density at radius 3 is 2.81 bits per heavy atom.